The lowest BCUT2D eigenvalue weighted by Gasteiger charge is -2.04. The van der Waals surface area contributed by atoms with Gasteiger partial charge in [0.2, 0.25) is 0 Å². The minimum atomic E-state index is 0. The molecule has 5 N–H and O–H groups in total. The van der Waals surface area contributed by atoms with Crippen LogP contribution in [-0.2, 0) is 0 Å². The summed E-state index contributed by atoms with van der Waals surface area (Å²) in [4.78, 5) is 0. The van der Waals surface area contributed by atoms with Crippen LogP contribution in [0.1, 0.15) is 110 Å². The predicted molar refractivity (Wildman–Crippen MR) is 94.7 cm³/mol. The van der Waals surface area contributed by atoms with Crippen molar-refractivity contribution in [1.82, 2.24) is 6.15 Å². The molecule has 0 aliphatic carbocycles. The van der Waals surface area contributed by atoms with E-state index in [2.05, 4.69) is 6.92 Å². The Hall–Kier alpha value is -0.0800. The maximum atomic E-state index is 7.08. The average Bonchev–Trinajstić information content (AvgIpc) is 2.43. The SMILES string of the molecule is CCCCCCCCCCCCCCCCCC[NH-].[NH4+]. The summed E-state index contributed by atoms with van der Waals surface area (Å²) in [6.45, 7) is 2.91. The highest BCUT2D eigenvalue weighted by atomic mass is 14.5. The maximum Gasteiger partial charge on any atom is -0.0533 e. The molecule has 0 saturated heterocycles. The topological polar surface area (TPSA) is 60.3 Å². The van der Waals surface area contributed by atoms with Crippen LogP contribution in [0.5, 0.6) is 0 Å². The van der Waals surface area contributed by atoms with Crippen molar-refractivity contribution in [1.29, 1.82) is 0 Å². The molecular formula is C18H42N2. The predicted octanol–water partition coefficient (Wildman–Crippen LogP) is 7.68. The van der Waals surface area contributed by atoms with Crippen LogP contribution in [-0.4, -0.2) is 6.54 Å². The maximum absolute atomic E-state index is 7.08. The zero-order chi connectivity index (χ0) is 14.0. The van der Waals surface area contributed by atoms with E-state index in [1.54, 1.807) is 0 Å². The van der Waals surface area contributed by atoms with Crippen molar-refractivity contribution in [3.05, 3.63) is 5.73 Å². The molecule has 0 amide bonds. The normalized spacial score (nSPS) is 10.5. The second kappa shape index (κ2) is 21.2. The Balaban J connectivity index is 0. The van der Waals surface area contributed by atoms with Gasteiger partial charge in [0.1, 0.15) is 0 Å². The van der Waals surface area contributed by atoms with E-state index in [4.69, 9.17) is 5.73 Å². The van der Waals surface area contributed by atoms with Crippen LogP contribution in [0.2, 0.25) is 0 Å². The van der Waals surface area contributed by atoms with Crippen LogP contribution in [0, 0.1) is 0 Å². The molecule has 0 heterocycles. The molecule has 0 aliphatic rings. The van der Waals surface area contributed by atoms with Crippen LogP contribution in [0.4, 0.5) is 0 Å². The van der Waals surface area contributed by atoms with E-state index in [1.165, 1.54) is 96.3 Å². The van der Waals surface area contributed by atoms with E-state index in [1.807, 2.05) is 0 Å². The highest BCUT2D eigenvalue weighted by Gasteiger charge is 1.93. The minimum absolute atomic E-state index is 0. The number of quaternary nitrogens is 1. The van der Waals surface area contributed by atoms with Gasteiger partial charge in [-0.3, -0.25) is 0 Å². The van der Waals surface area contributed by atoms with Gasteiger partial charge in [-0.25, -0.2) is 0 Å². The first-order chi connectivity index (χ1) is 9.41. The van der Waals surface area contributed by atoms with Gasteiger partial charge in [0, 0.05) is 0 Å². The van der Waals surface area contributed by atoms with Crippen molar-refractivity contribution in [3.8, 4) is 0 Å². The zero-order valence-corrected chi connectivity index (χ0v) is 14.5. The zero-order valence-electron chi connectivity index (χ0n) is 14.5. The van der Waals surface area contributed by atoms with Gasteiger partial charge in [0.25, 0.3) is 0 Å². The minimum Gasteiger partial charge on any atom is -0.677 e. The van der Waals surface area contributed by atoms with Gasteiger partial charge in [-0.2, -0.15) is 6.54 Å². The van der Waals surface area contributed by atoms with Crippen molar-refractivity contribution >= 4 is 0 Å². The molecule has 0 aromatic carbocycles. The largest absolute Gasteiger partial charge is 0.677 e. The molecular weight excluding hydrogens is 244 g/mol. The van der Waals surface area contributed by atoms with Crippen LogP contribution in [0.3, 0.4) is 0 Å². The van der Waals surface area contributed by atoms with Crippen LogP contribution in [0.15, 0.2) is 0 Å². The van der Waals surface area contributed by atoms with Gasteiger partial charge in [-0.05, 0) is 0 Å². The van der Waals surface area contributed by atoms with Crippen molar-refractivity contribution in [2.75, 3.05) is 6.54 Å². The fraction of sp³-hybridized carbons (Fsp3) is 1.00. The Morgan fingerprint density at radius 3 is 0.950 bits per heavy atom. The van der Waals surface area contributed by atoms with E-state index in [9.17, 15) is 0 Å². The van der Waals surface area contributed by atoms with Crippen LogP contribution < -0.4 is 6.15 Å². The summed E-state index contributed by atoms with van der Waals surface area (Å²) in [7, 11) is 0. The number of hydrogen-bond donors (Lipinski definition) is 1. The fourth-order valence-electron chi connectivity index (χ4n) is 2.67. The summed E-state index contributed by atoms with van der Waals surface area (Å²) in [5, 5.41) is 0. The summed E-state index contributed by atoms with van der Waals surface area (Å²) in [5.74, 6) is 0. The molecule has 20 heavy (non-hydrogen) atoms. The Morgan fingerprint density at radius 1 is 0.450 bits per heavy atom. The first kappa shape index (κ1) is 22.2. The smallest absolute Gasteiger partial charge is 0.0533 e. The lowest BCUT2D eigenvalue weighted by atomic mass is 10.0. The number of hydrogen-bond acceptors (Lipinski definition) is 0. The molecule has 2 nitrogen and oxygen atoms in total. The number of rotatable bonds is 16. The van der Waals surface area contributed by atoms with E-state index in [0.717, 1.165) is 6.42 Å². The first-order valence-electron chi connectivity index (χ1n) is 9.06. The van der Waals surface area contributed by atoms with Crippen molar-refractivity contribution in [2.45, 2.75) is 110 Å². The third-order valence-electron chi connectivity index (χ3n) is 4.03. The summed E-state index contributed by atoms with van der Waals surface area (Å²) in [5.41, 5.74) is 7.08. The Labute approximate surface area is 128 Å². The summed E-state index contributed by atoms with van der Waals surface area (Å²) in [6, 6.07) is 0. The molecule has 0 aromatic rings. The van der Waals surface area contributed by atoms with E-state index >= 15 is 0 Å². The molecule has 0 rings (SSSR count). The summed E-state index contributed by atoms with van der Waals surface area (Å²) < 4.78 is 0. The molecule has 0 aromatic heterocycles. The molecule has 0 spiro atoms. The Bertz CT molecular complexity index is 132. The quantitative estimate of drug-likeness (QED) is 0.283. The second-order valence-electron chi connectivity index (χ2n) is 6.05. The molecule has 124 valence electrons. The van der Waals surface area contributed by atoms with Gasteiger partial charge in [0.05, 0.1) is 0 Å². The fourth-order valence-corrected chi connectivity index (χ4v) is 2.67. The van der Waals surface area contributed by atoms with Crippen LogP contribution >= 0.6 is 0 Å². The van der Waals surface area contributed by atoms with Gasteiger partial charge in [0.15, 0.2) is 0 Å². The van der Waals surface area contributed by atoms with Crippen molar-refractivity contribution in [2.24, 2.45) is 0 Å². The Kier molecular flexibility index (Phi) is 23.6. The summed E-state index contributed by atoms with van der Waals surface area (Å²) in [6.07, 6.45) is 22.5. The highest BCUT2D eigenvalue weighted by molar-refractivity contribution is 4.53. The lowest BCUT2D eigenvalue weighted by molar-refractivity contribution is 0.531. The van der Waals surface area contributed by atoms with Gasteiger partial charge >= 0.3 is 0 Å². The molecule has 0 atom stereocenters. The second-order valence-corrected chi connectivity index (χ2v) is 6.05. The number of unbranched alkanes of at least 4 members (excludes halogenated alkanes) is 15. The Morgan fingerprint density at radius 2 is 0.700 bits per heavy atom. The third kappa shape index (κ3) is 20.2. The molecule has 0 saturated carbocycles. The number of nitrogens with one attached hydrogen (secondary N) is 1. The molecule has 0 aliphatic heterocycles. The average molecular weight is 287 g/mol. The van der Waals surface area contributed by atoms with E-state index in [-0.39, 0.29) is 6.15 Å². The van der Waals surface area contributed by atoms with Gasteiger partial charge in [-0.15, -0.1) is 0 Å². The van der Waals surface area contributed by atoms with Gasteiger partial charge < -0.3 is 11.9 Å². The van der Waals surface area contributed by atoms with Crippen LogP contribution in [0.25, 0.3) is 5.73 Å². The third-order valence-corrected chi connectivity index (χ3v) is 4.03. The van der Waals surface area contributed by atoms with Gasteiger partial charge in [-0.1, -0.05) is 110 Å². The lowest BCUT2D eigenvalue weighted by Crippen LogP contribution is -1.84. The van der Waals surface area contributed by atoms with E-state index in [0.29, 0.717) is 6.54 Å². The molecule has 0 unspecified atom stereocenters. The summed E-state index contributed by atoms with van der Waals surface area (Å²) >= 11 is 0. The molecule has 0 bridgehead atoms. The first-order valence-corrected chi connectivity index (χ1v) is 9.06. The van der Waals surface area contributed by atoms with E-state index < -0.39 is 0 Å². The van der Waals surface area contributed by atoms with Crippen molar-refractivity contribution in [3.63, 3.8) is 0 Å². The monoisotopic (exact) mass is 286 g/mol. The highest BCUT2D eigenvalue weighted by Crippen LogP contribution is 2.13. The molecule has 2 heteroatoms. The molecule has 0 fully saturated rings. The standard InChI is InChI=1S/C18H38N.H3N/c1-2-3-4-5-6-7-8-9-10-11-12-13-14-15-16-17-18-19;/h19H,2-18H2,1H3;1H3/q-1;/p+1. The van der Waals surface area contributed by atoms with Crippen molar-refractivity contribution < 1.29 is 0 Å². The molecule has 0 radical (unpaired) electrons.